The molecule has 0 unspecified atom stereocenters. The van der Waals surface area contributed by atoms with Crippen LogP contribution in [0.4, 0.5) is 43.2 Å². The Morgan fingerprint density at radius 2 is 1.19 bits per heavy atom. The lowest BCUT2D eigenvalue weighted by Gasteiger charge is -2.23. The van der Waals surface area contributed by atoms with Crippen LogP contribution in [-0.4, -0.2) is 37.8 Å². The molecule has 0 spiro atoms. The average molecular weight is 795 g/mol. The first-order valence-corrected chi connectivity index (χ1v) is 17.8. The molecule has 2 aromatic heterocycles. The van der Waals surface area contributed by atoms with Crippen molar-refractivity contribution >= 4 is 65.0 Å². The molecule has 0 saturated carbocycles. The number of fused-ring (bicyclic) bond motifs is 4. The molecule has 0 saturated heterocycles. The van der Waals surface area contributed by atoms with Crippen molar-refractivity contribution in [3.05, 3.63) is 141 Å². The Morgan fingerprint density at radius 3 is 1.61 bits per heavy atom. The third-order valence-corrected chi connectivity index (χ3v) is 9.76. The van der Waals surface area contributed by atoms with Crippen LogP contribution < -0.4 is 31.5 Å². The number of carbonyl (C=O) groups excluding carboxylic acids is 3. The van der Waals surface area contributed by atoms with Gasteiger partial charge in [-0.15, -0.1) is 12.4 Å². The lowest BCUT2D eigenvalue weighted by Crippen LogP contribution is -2.30. The largest absolute Gasteiger partial charge is 0.354 e. The molecule has 13 nitrogen and oxygen atoms in total. The van der Waals surface area contributed by atoms with Crippen LogP contribution in [0, 0.1) is 25.5 Å². The number of amides is 3. The van der Waals surface area contributed by atoms with Crippen LogP contribution in [0.15, 0.2) is 85.2 Å². The predicted octanol–water partition coefficient (Wildman–Crippen LogP) is 6.67. The molecule has 4 aromatic carbocycles. The van der Waals surface area contributed by atoms with Gasteiger partial charge in [0.25, 0.3) is 11.8 Å². The van der Waals surface area contributed by atoms with Gasteiger partial charge in [0.2, 0.25) is 6.41 Å². The monoisotopic (exact) mass is 794 g/mol. The minimum atomic E-state index is -0.538. The van der Waals surface area contributed by atoms with E-state index >= 15 is 0 Å². The van der Waals surface area contributed by atoms with Crippen molar-refractivity contribution < 1.29 is 23.2 Å². The summed E-state index contributed by atoms with van der Waals surface area (Å²) in [5, 5.41) is 17.7. The van der Waals surface area contributed by atoms with E-state index in [4.69, 9.17) is 5.73 Å². The van der Waals surface area contributed by atoms with Crippen LogP contribution in [0.2, 0.25) is 0 Å². The molecule has 2 aliphatic rings. The molecule has 0 atom stereocenters. The topological polar surface area (TPSA) is 155 Å². The molecule has 57 heavy (non-hydrogen) atoms. The maximum Gasteiger partial charge on any atom is 0.258 e. The molecule has 0 aliphatic carbocycles. The summed E-state index contributed by atoms with van der Waals surface area (Å²) in [6, 6.07) is 20.3. The Bertz CT molecular complexity index is 2500. The Hall–Kier alpha value is -6.58. The number of carbonyl (C=O) groups is 3. The highest BCUT2D eigenvalue weighted by Gasteiger charge is 2.29. The van der Waals surface area contributed by atoms with Crippen LogP contribution in [0.5, 0.6) is 0 Å². The van der Waals surface area contributed by atoms with Crippen molar-refractivity contribution in [2.24, 2.45) is 19.8 Å². The SMILES string of the molecule is Cc1ccc2c(c1)Nc1c(cnn1C)CN2C(=O)c1ccc(CN)c(F)c1.Cc1ccc2c(c1)Nc1c(cnn1C)CN2C(=O)c1ccc(CNC=O)c(F)c1.Cl. The van der Waals surface area contributed by atoms with Gasteiger partial charge in [-0.05, 0) is 73.5 Å². The molecule has 0 radical (unpaired) electrons. The lowest BCUT2D eigenvalue weighted by atomic mass is 10.1. The zero-order chi connectivity index (χ0) is 39.7. The Kier molecular flexibility index (Phi) is 11.7. The van der Waals surface area contributed by atoms with Crippen molar-refractivity contribution in [1.82, 2.24) is 24.9 Å². The lowest BCUT2D eigenvalue weighted by molar-refractivity contribution is -0.109. The fraction of sp³-hybridized carbons (Fsp3) is 0.195. The predicted molar refractivity (Wildman–Crippen MR) is 217 cm³/mol. The number of nitrogens with two attached hydrogens (primary N) is 1. The standard InChI is InChI=1S/C21H20FN5O2.C20H20FN5O.ClH/c1-13-3-6-19-18(7-13)25-20-16(10-24-26(20)2)11-27(19)21(29)14-4-5-15(9-23-12-28)17(22)8-14;1-12-3-6-18-17(7-12)24-19-15(10-23-25(19)2)11-26(18)20(27)13-4-5-14(9-22)16(21)8-13;/h3-8,10,12,25H,9,11H2,1-2H3,(H,23,28);3-8,10,24H,9,11,22H2,1-2H3;1H. The summed E-state index contributed by atoms with van der Waals surface area (Å²) < 4.78 is 32.1. The second kappa shape index (κ2) is 16.6. The minimum Gasteiger partial charge on any atom is -0.354 e. The van der Waals surface area contributed by atoms with Gasteiger partial charge in [0.05, 0.1) is 48.2 Å². The number of hydrogen-bond acceptors (Lipinski definition) is 8. The molecule has 4 heterocycles. The maximum atomic E-state index is 14.4. The molecule has 3 amide bonds. The number of anilines is 6. The quantitative estimate of drug-likeness (QED) is 0.136. The number of hydrogen-bond donors (Lipinski definition) is 4. The van der Waals surface area contributed by atoms with Gasteiger partial charge in [-0.1, -0.05) is 24.3 Å². The van der Waals surface area contributed by atoms with Gasteiger partial charge in [-0.25, -0.2) is 8.78 Å². The van der Waals surface area contributed by atoms with Gasteiger partial charge in [-0.2, -0.15) is 10.2 Å². The van der Waals surface area contributed by atoms with E-state index in [1.165, 1.54) is 18.2 Å². The zero-order valence-electron chi connectivity index (χ0n) is 31.6. The molecule has 8 rings (SSSR count). The van der Waals surface area contributed by atoms with E-state index in [1.807, 2.05) is 64.3 Å². The summed E-state index contributed by atoms with van der Waals surface area (Å²) in [5.41, 5.74) is 13.6. The third kappa shape index (κ3) is 8.06. The molecule has 6 aromatic rings. The van der Waals surface area contributed by atoms with Crippen LogP contribution >= 0.6 is 12.4 Å². The molecule has 2 aliphatic heterocycles. The van der Waals surface area contributed by atoms with Crippen LogP contribution in [-0.2, 0) is 45.1 Å². The summed E-state index contributed by atoms with van der Waals surface area (Å²) >= 11 is 0. The second-order valence-corrected chi connectivity index (χ2v) is 13.7. The minimum absolute atomic E-state index is 0. The van der Waals surface area contributed by atoms with Crippen molar-refractivity contribution in [3.8, 4) is 0 Å². The van der Waals surface area contributed by atoms with E-state index in [2.05, 4.69) is 26.1 Å². The van der Waals surface area contributed by atoms with E-state index in [1.54, 1.807) is 49.8 Å². The number of benzene rings is 4. The molecular weight excluding hydrogens is 754 g/mol. The number of nitrogens with one attached hydrogen (secondary N) is 3. The molecule has 0 fully saturated rings. The summed E-state index contributed by atoms with van der Waals surface area (Å²) in [6.45, 7) is 4.77. The molecule has 294 valence electrons. The number of nitrogens with zero attached hydrogens (tertiary/aromatic N) is 6. The normalized spacial score (nSPS) is 12.4. The van der Waals surface area contributed by atoms with Crippen LogP contribution in [0.3, 0.4) is 0 Å². The summed E-state index contributed by atoms with van der Waals surface area (Å²) in [5.74, 6) is 0.0470. The fourth-order valence-electron chi connectivity index (χ4n) is 6.75. The molecular formula is C41H41ClF2N10O3. The van der Waals surface area contributed by atoms with Crippen LogP contribution in [0.25, 0.3) is 0 Å². The van der Waals surface area contributed by atoms with Gasteiger partial charge in [0.1, 0.15) is 23.3 Å². The first kappa shape index (κ1) is 40.1. The molecule has 5 N–H and O–H groups in total. The smallest absolute Gasteiger partial charge is 0.258 e. The van der Waals surface area contributed by atoms with Gasteiger partial charge in [0.15, 0.2) is 0 Å². The highest BCUT2D eigenvalue weighted by atomic mass is 35.5. The third-order valence-electron chi connectivity index (χ3n) is 9.76. The van der Waals surface area contributed by atoms with Gasteiger partial charge in [0, 0.05) is 60.6 Å². The summed E-state index contributed by atoms with van der Waals surface area (Å²) in [7, 11) is 3.68. The van der Waals surface area contributed by atoms with E-state index < -0.39 is 11.6 Å². The van der Waals surface area contributed by atoms with Crippen molar-refractivity contribution in [1.29, 1.82) is 0 Å². The van der Waals surface area contributed by atoms with Crippen LogP contribution in [0.1, 0.15) is 54.1 Å². The van der Waals surface area contributed by atoms with E-state index in [-0.39, 0.29) is 48.4 Å². The van der Waals surface area contributed by atoms with Gasteiger partial charge < -0.3 is 31.5 Å². The van der Waals surface area contributed by atoms with E-state index in [9.17, 15) is 23.2 Å². The van der Waals surface area contributed by atoms with Gasteiger partial charge >= 0.3 is 0 Å². The number of halogens is 3. The summed E-state index contributed by atoms with van der Waals surface area (Å²) in [4.78, 5) is 40.3. The fourth-order valence-corrected chi connectivity index (χ4v) is 6.75. The second-order valence-electron chi connectivity index (χ2n) is 13.7. The number of aromatic nitrogens is 4. The summed E-state index contributed by atoms with van der Waals surface area (Å²) in [6.07, 6.45) is 3.96. The van der Waals surface area contributed by atoms with Crippen molar-refractivity contribution in [2.75, 3.05) is 20.4 Å². The highest BCUT2D eigenvalue weighted by molar-refractivity contribution is 6.09. The van der Waals surface area contributed by atoms with Gasteiger partial charge in [-0.3, -0.25) is 23.7 Å². The first-order chi connectivity index (χ1) is 26.9. The highest BCUT2D eigenvalue weighted by Crippen LogP contribution is 2.38. The number of rotatable bonds is 6. The Labute approximate surface area is 333 Å². The average Bonchev–Trinajstić information content (AvgIpc) is 3.58. The Balaban J connectivity index is 0.000000190. The maximum absolute atomic E-state index is 14.4. The zero-order valence-corrected chi connectivity index (χ0v) is 32.5. The van der Waals surface area contributed by atoms with Crippen molar-refractivity contribution in [3.63, 3.8) is 0 Å². The molecule has 16 heteroatoms. The molecule has 0 bridgehead atoms. The number of aryl methyl sites for hydroxylation is 4. The first-order valence-electron chi connectivity index (χ1n) is 17.8. The Morgan fingerprint density at radius 1 is 0.737 bits per heavy atom. The van der Waals surface area contributed by atoms with E-state index in [0.717, 1.165) is 51.0 Å². The van der Waals surface area contributed by atoms with Crippen molar-refractivity contribution in [2.45, 2.75) is 40.0 Å². The van der Waals surface area contributed by atoms with E-state index in [0.29, 0.717) is 36.3 Å².